The van der Waals surface area contributed by atoms with Crippen LogP contribution in [0.1, 0.15) is 15.9 Å². The van der Waals surface area contributed by atoms with Gasteiger partial charge in [0.1, 0.15) is 0 Å². The second-order valence-corrected chi connectivity index (χ2v) is 4.88. The van der Waals surface area contributed by atoms with Crippen molar-refractivity contribution in [3.8, 4) is 0 Å². The largest absolute Gasteiger partial charge is 0.478 e. The summed E-state index contributed by atoms with van der Waals surface area (Å²) in [5, 5.41) is 17.9. The van der Waals surface area contributed by atoms with E-state index in [4.69, 9.17) is 10.2 Å². The van der Waals surface area contributed by atoms with Gasteiger partial charge < -0.3 is 10.2 Å². The van der Waals surface area contributed by atoms with Crippen LogP contribution < -0.4 is 0 Å². The summed E-state index contributed by atoms with van der Waals surface area (Å²) < 4.78 is 0. The first-order chi connectivity index (χ1) is 8.69. The molecule has 0 unspecified atom stereocenters. The van der Waals surface area contributed by atoms with E-state index in [1.54, 1.807) is 18.2 Å². The summed E-state index contributed by atoms with van der Waals surface area (Å²) in [7, 11) is 0. The summed E-state index contributed by atoms with van der Waals surface area (Å²) in [6.45, 7) is 0.0272. The van der Waals surface area contributed by atoms with Gasteiger partial charge in [-0.25, -0.2) is 4.79 Å². The zero-order valence-corrected chi connectivity index (χ0v) is 10.4. The molecule has 0 saturated heterocycles. The Kier molecular flexibility index (Phi) is 4.02. The molecule has 0 aliphatic carbocycles. The highest BCUT2D eigenvalue weighted by Gasteiger charge is 2.04. The zero-order chi connectivity index (χ0) is 13.0. The molecule has 0 fully saturated rings. The van der Waals surface area contributed by atoms with Gasteiger partial charge in [-0.05, 0) is 35.9 Å². The number of carboxylic acids is 1. The molecule has 92 valence electrons. The molecule has 0 amide bonds. The molecule has 0 atom stereocenters. The minimum Gasteiger partial charge on any atom is -0.478 e. The number of carboxylic acid groups (broad SMARTS) is 1. The molecule has 3 nitrogen and oxygen atoms in total. The zero-order valence-electron chi connectivity index (χ0n) is 9.54. The van der Waals surface area contributed by atoms with E-state index >= 15 is 0 Å². The molecule has 2 N–H and O–H groups in total. The van der Waals surface area contributed by atoms with Gasteiger partial charge in [0.15, 0.2) is 0 Å². The van der Waals surface area contributed by atoms with Crippen molar-refractivity contribution in [2.75, 3.05) is 0 Å². The second kappa shape index (κ2) is 5.71. The van der Waals surface area contributed by atoms with E-state index in [1.807, 2.05) is 30.3 Å². The molecule has 4 heteroatoms. The monoisotopic (exact) mass is 260 g/mol. The van der Waals surface area contributed by atoms with Gasteiger partial charge >= 0.3 is 5.97 Å². The lowest BCUT2D eigenvalue weighted by atomic mass is 10.2. The molecule has 2 rings (SSSR count). The summed E-state index contributed by atoms with van der Waals surface area (Å²) in [6, 6.07) is 14.3. The van der Waals surface area contributed by atoms with Crippen LogP contribution in [0.2, 0.25) is 0 Å². The number of benzene rings is 2. The molecule has 0 heterocycles. The Bertz CT molecular complexity index is 549. The predicted octanol–water partition coefficient (Wildman–Crippen LogP) is 3.03. The Morgan fingerprint density at radius 3 is 2.39 bits per heavy atom. The Morgan fingerprint density at radius 2 is 1.78 bits per heavy atom. The fraction of sp³-hybridized carbons (Fsp3) is 0.0714. The van der Waals surface area contributed by atoms with Crippen LogP contribution in [0.15, 0.2) is 58.3 Å². The van der Waals surface area contributed by atoms with Crippen molar-refractivity contribution in [3.63, 3.8) is 0 Å². The van der Waals surface area contributed by atoms with Gasteiger partial charge in [-0.3, -0.25) is 0 Å². The van der Waals surface area contributed by atoms with Gasteiger partial charge in [-0.2, -0.15) is 0 Å². The average Bonchev–Trinajstić information content (AvgIpc) is 2.40. The van der Waals surface area contributed by atoms with Crippen LogP contribution in [0, 0.1) is 0 Å². The predicted molar refractivity (Wildman–Crippen MR) is 69.9 cm³/mol. The van der Waals surface area contributed by atoms with E-state index in [0.29, 0.717) is 0 Å². The Labute approximate surface area is 109 Å². The number of rotatable bonds is 4. The normalized spacial score (nSPS) is 10.3. The second-order valence-electron chi connectivity index (χ2n) is 3.74. The van der Waals surface area contributed by atoms with E-state index in [1.165, 1.54) is 11.8 Å². The lowest BCUT2D eigenvalue weighted by Crippen LogP contribution is -1.95. The smallest absolute Gasteiger partial charge is 0.335 e. The fourth-order valence-electron chi connectivity index (χ4n) is 1.49. The minimum atomic E-state index is -0.923. The molecule has 0 spiro atoms. The highest BCUT2D eigenvalue weighted by Crippen LogP contribution is 2.28. The van der Waals surface area contributed by atoms with Gasteiger partial charge in [0.2, 0.25) is 0 Å². The number of aliphatic hydroxyl groups excluding tert-OH is 1. The summed E-state index contributed by atoms with van der Waals surface area (Å²) in [5.74, 6) is -0.923. The molecule has 0 aliphatic heterocycles. The van der Waals surface area contributed by atoms with Gasteiger partial charge in [-0.1, -0.05) is 30.0 Å². The van der Waals surface area contributed by atoms with E-state index in [9.17, 15) is 4.79 Å². The van der Waals surface area contributed by atoms with Gasteiger partial charge in [-0.15, -0.1) is 0 Å². The van der Waals surface area contributed by atoms with Crippen molar-refractivity contribution in [1.82, 2.24) is 0 Å². The number of aromatic carboxylic acids is 1. The van der Waals surface area contributed by atoms with Crippen LogP contribution in [-0.2, 0) is 6.61 Å². The SMILES string of the molecule is O=C(O)c1cccc(Sc2ccc(CO)cc2)c1. The number of hydrogen-bond donors (Lipinski definition) is 2. The third-order valence-corrected chi connectivity index (χ3v) is 3.42. The van der Waals surface area contributed by atoms with Crippen molar-refractivity contribution in [3.05, 3.63) is 59.7 Å². The summed E-state index contributed by atoms with van der Waals surface area (Å²) in [6.07, 6.45) is 0. The van der Waals surface area contributed by atoms with Crippen molar-refractivity contribution < 1.29 is 15.0 Å². The Balaban J connectivity index is 2.17. The molecule has 0 saturated carbocycles. The van der Waals surface area contributed by atoms with Crippen molar-refractivity contribution in [2.24, 2.45) is 0 Å². The highest BCUT2D eigenvalue weighted by atomic mass is 32.2. The maximum atomic E-state index is 10.9. The van der Waals surface area contributed by atoms with E-state index in [0.717, 1.165) is 15.4 Å². The molecular formula is C14H12O3S. The van der Waals surface area contributed by atoms with Crippen LogP contribution in [0.3, 0.4) is 0 Å². The first kappa shape index (κ1) is 12.7. The molecule has 18 heavy (non-hydrogen) atoms. The quantitative estimate of drug-likeness (QED) is 0.887. The number of aliphatic hydroxyl groups is 1. The van der Waals surface area contributed by atoms with Crippen molar-refractivity contribution >= 4 is 17.7 Å². The maximum Gasteiger partial charge on any atom is 0.335 e. The minimum absolute atomic E-state index is 0.0272. The van der Waals surface area contributed by atoms with Crippen molar-refractivity contribution in [1.29, 1.82) is 0 Å². The van der Waals surface area contributed by atoms with Crippen LogP contribution in [0.4, 0.5) is 0 Å². The summed E-state index contributed by atoms with van der Waals surface area (Å²) in [5.41, 5.74) is 1.14. The molecule has 2 aromatic rings. The fourth-order valence-corrected chi connectivity index (χ4v) is 2.37. The number of hydrogen-bond acceptors (Lipinski definition) is 3. The van der Waals surface area contributed by atoms with Crippen LogP contribution in [-0.4, -0.2) is 16.2 Å². The molecule has 0 aromatic heterocycles. The van der Waals surface area contributed by atoms with Gasteiger partial charge in [0.25, 0.3) is 0 Å². The number of carbonyl (C=O) groups is 1. The molecule has 0 aliphatic rings. The Hall–Kier alpha value is -1.78. The third-order valence-electron chi connectivity index (χ3n) is 2.42. The van der Waals surface area contributed by atoms with Crippen LogP contribution in [0.25, 0.3) is 0 Å². The first-order valence-electron chi connectivity index (χ1n) is 5.40. The molecule has 0 radical (unpaired) electrons. The lowest BCUT2D eigenvalue weighted by Gasteiger charge is -2.03. The van der Waals surface area contributed by atoms with E-state index in [-0.39, 0.29) is 12.2 Å². The maximum absolute atomic E-state index is 10.9. The summed E-state index contributed by atoms with van der Waals surface area (Å²) >= 11 is 1.49. The lowest BCUT2D eigenvalue weighted by molar-refractivity contribution is 0.0696. The molecule has 0 bridgehead atoms. The van der Waals surface area contributed by atoms with E-state index < -0.39 is 5.97 Å². The van der Waals surface area contributed by atoms with Crippen LogP contribution >= 0.6 is 11.8 Å². The van der Waals surface area contributed by atoms with Crippen LogP contribution in [0.5, 0.6) is 0 Å². The summed E-state index contributed by atoms with van der Waals surface area (Å²) in [4.78, 5) is 12.7. The molecular weight excluding hydrogens is 248 g/mol. The average molecular weight is 260 g/mol. The molecule has 2 aromatic carbocycles. The first-order valence-corrected chi connectivity index (χ1v) is 6.21. The standard InChI is InChI=1S/C14H12O3S/c15-9-10-4-6-12(7-5-10)18-13-3-1-2-11(8-13)14(16)17/h1-8,15H,9H2,(H,16,17). The topological polar surface area (TPSA) is 57.5 Å². The van der Waals surface area contributed by atoms with E-state index in [2.05, 4.69) is 0 Å². The Morgan fingerprint density at radius 1 is 1.06 bits per heavy atom. The van der Waals surface area contributed by atoms with Crippen molar-refractivity contribution in [2.45, 2.75) is 16.4 Å². The van der Waals surface area contributed by atoms with Gasteiger partial charge in [0.05, 0.1) is 12.2 Å². The van der Waals surface area contributed by atoms with Gasteiger partial charge in [0, 0.05) is 9.79 Å². The highest BCUT2D eigenvalue weighted by molar-refractivity contribution is 7.99. The third kappa shape index (κ3) is 3.12.